The van der Waals surface area contributed by atoms with Crippen molar-refractivity contribution in [3.63, 3.8) is 0 Å². The highest BCUT2D eigenvalue weighted by Crippen LogP contribution is 2.38. The number of pyridine rings is 1. The third-order valence-corrected chi connectivity index (χ3v) is 10.4. The molecule has 0 bridgehead atoms. The zero-order chi connectivity index (χ0) is 35.8. The maximum atomic E-state index is 5.10. The highest BCUT2D eigenvalue weighted by molar-refractivity contribution is 6.25. The monoisotopic (exact) mass is 687 g/mol. The van der Waals surface area contributed by atoms with Crippen LogP contribution in [0.2, 0.25) is 0 Å². The van der Waals surface area contributed by atoms with Crippen LogP contribution in [0.5, 0.6) is 0 Å². The summed E-state index contributed by atoms with van der Waals surface area (Å²) in [5.74, 6) is 0.693. The largest absolute Gasteiger partial charge is 0.264 e. The van der Waals surface area contributed by atoms with E-state index in [0.717, 1.165) is 44.8 Å². The van der Waals surface area contributed by atoms with Crippen LogP contribution in [0.15, 0.2) is 200 Å². The van der Waals surface area contributed by atoms with Crippen molar-refractivity contribution in [1.29, 1.82) is 0 Å². The normalized spacial score (nSPS) is 11.3. The van der Waals surface area contributed by atoms with Gasteiger partial charge in [0.1, 0.15) is 0 Å². The van der Waals surface area contributed by atoms with Crippen LogP contribution in [-0.2, 0) is 0 Å². The van der Waals surface area contributed by atoms with Gasteiger partial charge in [0.05, 0.1) is 11.4 Å². The first-order chi connectivity index (χ1) is 26.8. The van der Waals surface area contributed by atoms with Crippen LogP contribution >= 0.6 is 0 Å². The average molecular weight is 688 g/mol. The number of hydrogen-bond donors (Lipinski definition) is 0. The number of fused-ring (bicyclic) bond motifs is 6. The van der Waals surface area contributed by atoms with Gasteiger partial charge in [-0.1, -0.05) is 170 Å². The summed E-state index contributed by atoms with van der Waals surface area (Å²) in [5.41, 5.74) is 11.7. The molecule has 10 rings (SSSR count). The van der Waals surface area contributed by atoms with Crippen molar-refractivity contribution in [3.05, 3.63) is 200 Å². The minimum Gasteiger partial charge on any atom is -0.264 e. The molecule has 0 saturated heterocycles. The Morgan fingerprint density at radius 2 is 0.759 bits per heavy atom. The lowest BCUT2D eigenvalue weighted by Crippen LogP contribution is -1.97. The second kappa shape index (κ2) is 13.4. The SMILES string of the molecule is c1ccc(-c2nc(-c3ccc(-c4ccc(-c5ccc6c7ccccc7c7ccccc7c6c5)cc4)cc3)cc(-c3ccccc3-c3cccnc3)n2)cc1. The van der Waals surface area contributed by atoms with Gasteiger partial charge in [-0.25, -0.2) is 9.97 Å². The Labute approximate surface area is 313 Å². The molecule has 2 aromatic heterocycles. The predicted molar refractivity (Wildman–Crippen MR) is 225 cm³/mol. The first-order valence-corrected chi connectivity index (χ1v) is 18.3. The summed E-state index contributed by atoms with van der Waals surface area (Å²) in [6.07, 6.45) is 3.70. The minimum atomic E-state index is 0.693. The molecule has 0 N–H and O–H groups in total. The van der Waals surface area contributed by atoms with E-state index in [0.29, 0.717) is 5.82 Å². The van der Waals surface area contributed by atoms with Crippen LogP contribution in [0.3, 0.4) is 0 Å². The predicted octanol–water partition coefficient (Wildman–Crippen LogP) is 13.3. The fourth-order valence-electron chi connectivity index (χ4n) is 7.71. The Morgan fingerprint density at radius 1 is 0.278 bits per heavy atom. The van der Waals surface area contributed by atoms with Gasteiger partial charge in [0, 0.05) is 34.6 Å². The molecule has 3 heteroatoms. The van der Waals surface area contributed by atoms with Gasteiger partial charge in [0.25, 0.3) is 0 Å². The lowest BCUT2D eigenvalue weighted by molar-refractivity contribution is 1.18. The van der Waals surface area contributed by atoms with E-state index in [4.69, 9.17) is 9.97 Å². The second-order valence-electron chi connectivity index (χ2n) is 13.6. The van der Waals surface area contributed by atoms with Crippen molar-refractivity contribution >= 4 is 32.3 Å². The van der Waals surface area contributed by atoms with Gasteiger partial charge in [-0.3, -0.25) is 4.98 Å². The molecule has 0 radical (unpaired) electrons. The molecule has 0 aliphatic carbocycles. The Hall–Kier alpha value is -7.23. The van der Waals surface area contributed by atoms with Crippen molar-refractivity contribution in [2.24, 2.45) is 0 Å². The summed E-state index contributed by atoms with van der Waals surface area (Å²) in [4.78, 5) is 14.6. The summed E-state index contributed by atoms with van der Waals surface area (Å²) < 4.78 is 0. The maximum absolute atomic E-state index is 5.10. The first-order valence-electron chi connectivity index (χ1n) is 18.3. The second-order valence-corrected chi connectivity index (χ2v) is 13.6. The number of aromatic nitrogens is 3. The Kier molecular flexibility index (Phi) is 7.81. The molecule has 8 aromatic carbocycles. The molecule has 252 valence electrons. The topological polar surface area (TPSA) is 38.7 Å². The van der Waals surface area contributed by atoms with Crippen molar-refractivity contribution < 1.29 is 0 Å². The lowest BCUT2D eigenvalue weighted by atomic mass is 9.92. The van der Waals surface area contributed by atoms with E-state index in [1.54, 1.807) is 6.20 Å². The zero-order valence-corrected chi connectivity index (χ0v) is 29.4. The third-order valence-electron chi connectivity index (χ3n) is 10.4. The van der Waals surface area contributed by atoms with Crippen molar-refractivity contribution in [2.75, 3.05) is 0 Å². The molecule has 0 aliphatic rings. The van der Waals surface area contributed by atoms with E-state index >= 15 is 0 Å². The highest BCUT2D eigenvalue weighted by Gasteiger charge is 2.15. The number of rotatable bonds is 6. The van der Waals surface area contributed by atoms with Crippen molar-refractivity contribution in [2.45, 2.75) is 0 Å². The van der Waals surface area contributed by atoms with E-state index in [2.05, 4.69) is 169 Å². The van der Waals surface area contributed by atoms with E-state index in [9.17, 15) is 0 Å². The van der Waals surface area contributed by atoms with Crippen LogP contribution < -0.4 is 0 Å². The molecular weight excluding hydrogens is 655 g/mol. The number of benzene rings is 8. The molecule has 0 saturated carbocycles. The van der Waals surface area contributed by atoms with E-state index in [-0.39, 0.29) is 0 Å². The van der Waals surface area contributed by atoms with E-state index in [1.165, 1.54) is 49.0 Å². The Morgan fingerprint density at radius 3 is 1.39 bits per heavy atom. The van der Waals surface area contributed by atoms with Gasteiger partial charge in [-0.05, 0) is 78.3 Å². The fraction of sp³-hybridized carbons (Fsp3) is 0. The minimum absolute atomic E-state index is 0.693. The van der Waals surface area contributed by atoms with Crippen molar-refractivity contribution in [3.8, 4) is 67.3 Å². The van der Waals surface area contributed by atoms with Crippen molar-refractivity contribution in [1.82, 2.24) is 15.0 Å². The van der Waals surface area contributed by atoms with E-state index < -0.39 is 0 Å². The summed E-state index contributed by atoms with van der Waals surface area (Å²) >= 11 is 0. The zero-order valence-electron chi connectivity index (χ0n) is 29.4. The average Bonchev–Trinajstić information content (AvgIpc) is 3.27. The molecule has 54 heavy (non-hydrogen) atoms. The molecule has 10 aromatic rings. The first kappa shape index (κ1) is 31.5. The van der Waals surface area contributed by atoms with E-state index in [1.807, 2.05) is 30.5 Å². The van der Waals surface area contributed by atoms with Gasteiger partial charge in [0.15, 0.2) is 5.82 Å². The smallest absolute Gasteiger partial charge is 0.160 e. The standard InChI is InChI=1S/C51H33N3/c1-2-11-38(12-3-1)51-53-49(32-50(54-51)47-19-9-4-14-41(47)40-13-10-30-52-33-40)37-26-24-35(25-27-37)34-20-22-36(23-21-34)39-28-29-46-44-17-6-5-15-42(44)43-16-7-8-18-45(43)48(46)31-39/h1-33H. The molecule has 2 heterocycles. The number of nitrogens with zero attached hydrogens (tertiary/aromatic N) is 3. The van der Waals surface area contributed by atoms with Crippen LogP contribution in [-0.4, -0.2) is 15.0 Å². The van der Waals surface area contributed by atoms with Gasteiger partial charge >= 0.3 is 0 Å². The van der Waals surface area contributed by atoms with Crippen LogP contribution in [0.4, 0.5) is 0 Å². The summed E-state index contributed by atoms with van der Waals surface area (Å²) in [7, 11) is 0. The lowest BCUT2D eigenvalue weighted by Gasteiger charge is -2.13. The summed E-state index contributed by atoms with van der Waals surface area (Å²) in [6.45, 7) is 0. The van der Waals surface area contributed by atoms with Gasteiger partial charge in [-0.15, -0.1) is 0 Å². The maximum Gasteiger partial charge on any atom is 0.160 e. The summed E-state index contributed by atoms with van der Waals surface area (Å²) in [5, 5.41) is 7.74. The molecular formula is C51H33N3. The van der Waals surface area contributed by atoms with Crippen LogP contribution in [0, 0.1) is 0 Å². The number of hydrogen-bond acceptors (Lipinski definition) is 3. The molecule has 0 unspecified atom stereocenters. The molecule has 0 amide bonds. The molecule has 3 nitrogen and oxygen atoms in total. The summed E-state index contributed by atoms with van der Waals surface area (Å²) in [6, 6.07) is 66.7. The Balaban J connectivity index is 0.993. The van der Waals surface area contributed by atoms with Gasteiger partial charge in [0.2, 0.25) is 0 Å². The molecule has 0 aliphatic heterocycles. The fourth-order valence-corrected chi connectivity index (χ4v) is 7.71. The van der Waals surface area contributed by atoms with Crippen LogP contribution in [0.25, 0.3) is 99.6 Å². The van der Waals surface area contributed by atoms with Gasteiger partial charge < -0.3 is 0 Å². The van der Waals surface area contributed by atoms with Crippen LogP contribution in [0.1, 0.15) is 0 Å². The quantitative estimate of drug-likeness (QED) is 0.163. The molecule has 0 atom stereocenters. The molecule has 0 fully saturated rings. The Bertz CT molecular complexity index is 2920. The van der Waals surface area contributed by atoms with Gasteiger partial charge in [-0.2, -0.15) is 0 Å². The molecule has 0 spiro atoms. The third kappa shape index (κ3) is 5.69. The highest BCUT2D eigenvalue weighted by atomic mass is 14.9.